The summed E-state index contributed by atoms with van der Waals surface area (Å²) in [6.07, 6.45) is 2.33. The van der Waals surface area contributed by atoms with Crippen LogP contribution in [0.1, 0.15) is 32.6 Å². The van der Waals surface area contributed by atoms with Crippen molar-refractivity contribution in [1.29, 1.82) is 0 Å². The first-order chi connectivity index (χ1) is 5.66. The number of hydrogen-bond donors (Lipinski definition) is 1. The lowest BCUT2D eigenvalue weighted by atomic mass is 10.1. The molecule has 0 heterocycles. The standard InChI is InChI=1S/C9H16F2O/c1-2-3-4-5-8(12)6-7-9(10)11/h6-9,12H,2-5H2,1H3/b7-6+/t8-/m0/s1. The van der Waals surface area contributed by atoms with Crippen molar-refractivity contribution in [2.75, 3.05) is 0 Å². The number of alkyl halides is 2. The fourth-order valence-electron chi connectivity index (χ4n) is 0.912. The van der Waals surface area contributed by atoms with E-state index in [1.807, 2.05) is 0 Å². The lowest BCUT2D eigenvalue weighted by Crippen LogP contribution is -2.02. The molecule has 0 aliphatic carbocycles. The van der Waals surface area contributed by atoms with Gasteiger partial charge in [0, 0.05) is 0 Å². The van der Waals surface area contributed by atoms with Gasteiger partial charge in [0.1, 0.15) is 0 Å². The molecule has 0 aromatic heterocycles. The molecule has 12 heavy (non-hydrogen) atoms. The topological polar surface area (TPSA) is 20.2 Å². The molecule has 0 rings (SSSR count). The Bertz CT molecular complexity index is 124. The SMILES string of the molecule is CCCCC[C@H](O)/C=C/C(F)F. The zero-order valence-electron chi connectivity index (χ0n) is 7.34. The maximum absolute atomic E-state index is 11.6. The van der Waals surface area contributed by atoms with E-state index in [-0.39, 0.29) is 0 Å². The van der Waals surface area contributed by atoms with E-state index in [1.54, 1.807) is 0 Å². The van der Waals surface area contributed by atoms with Gasteiger partial charge in [-0.15, -0.1) is 0 Å². The molecule has 1 N–H and O–H groups in total. The third-order valence-electron chi connectivity index (χ3n) is 1.58. The molecule has 0 saturated carbocycles. The van der Waals surface area contributed by atoms with Gasteiger partial charge in [0.15, 0.2) is 0 Å². The van der Waals surface area contributed by atoms with Gasteiger partial charge in [-0.25, -0.2) is 8.78 Å². The molecule has 0 amide bonds. The highest BCUT2D eigenvalue weighted by Gasteiger charge is 2.00. The number of allylic oxidation sites excluding steroid dienone is 1. The van der Waals surface area contributed by atoms with Crippen molar-refractivity contribution >= 4 is 0 Å². The summed E-state index contributed by atoms with van der Waals surface area (Å²) in [6.45, 7) is 2.06. The van der Waals surface area contributed by atoms with Crippen LogP contribution in [0.4, 0.5) is 8.78 Å². The van der Waals surface area contributed by atoms with E-state index in [4.69, 9.17) is 5.11 Å². The number of unbranched alkanes of at least 4 members (excludes halogenated alkanes) is 2. The van der Waals surface area contributed by atoms with E-state index in [1.165, 1.54) is 6.08 Å². The largest absolute Gasteiger partial charge is 0.389 e. The fraction of sp³-hybridized carbons (Fsp3) is 0.778. The van der Waals surface area contributed by atoms with Gasteiger partial charge in [0.2, 0.25) is 0 Å². The third kappa shape index (κ3) is 7.66. The van der Waals surface area contributed by atoms with Crippen LogP contribution in [-0.4, -0.2) is 17.6 Å². The first-order valence-corrected chi connectivity index (χ1v) is 4.31. The van der Waals surface area contributed by atoms with E-state index in [9.17, 15) is 8.78 Å². The summed E-state index contributed by atoms with van der Waals surface area (Å²) in [5, 5.41) is 9.10. The Hall–Kier alpha value is -0.440. The maximum atomic E-state index is 11.6. The molecule has 0 fully saturated rings. The van der Waals surface area contributed by atoms with Crippen molar-refractivity contribution in [1.82, 2.24) is 0 Å². The number of aliphatic hydroxyl groups is 1. The molecule has 1 nitrogen and oxygen atoms in total. The lowest BCUT2D eigenvalue weighted by Gasteiger charge is -2.03. The summed E-state index contributed by atoms with van der Waals surface area (Å²) < 4.78 is 23.2. The van der Waals surface area contributed by atoms with E-state index < -0.39 is 12.5 Å². The molecule has 0 aliphatic rings. The van der Waals surface area contributed by atoms with Gasteiger partial charge in [0.25, 0.3) is 6.43 Å². The summed E-state index contributed by atoms with van der Waals surface area (Å²) in [7, 11) is 0. The lowest BCUT2D eigenvalue weighted by molar-refractivity contribution is 0.188. The molecule has 0 bridgehead atoms. The normalized spacial score (nSPS) is 14.4. The van der Waals surface area contributed by atoms with Gasteiger partial charge in [-0.1, -0.05) is 32.3 Å². The van der Waals surface area contributed by atoms with Gasteiger partial charge in [-0.05, 0) is 12.5 Å². The van der Waals surface area contributed by atoms with Crippen LogP contribution in [0.2, 0.25) is 0 Å². The van der Waals surface area contributed by atoms with Crippen LogP contribution in [-0.2, 0) is 0 Å². The van der Waals surface area contributed by atoms with E-state index >= 15 is 0 Å². The minimum atomic E-state index is -2.45. The number of aliphatic hydroxyl groups excluding tert-OH is 1. The van der Waals surface area contributed by atoms with Crippen LogP contribution in [0.3, 0.4) is 0 Å². The summed E-state index contributed by atoms with van der Waals surface area (Å²) in [4.78, 5) is 0. The van der Waals surface area contributed by atoms with E-state index in [0.29, 0.717) is 6.42 Å². The third-order valence-corrected chi connectivity index (χ3v) is 1.58. The molecule has 0 aromatic carbocycles. The molecule has 0 aromatic rings. The molecule has 3 heteroatoms. The summed E-state index contributed by atoms with van der Waals surface area (Å²) >= 11 is 0. The average molecular weight is 178 g/mol. The van der Waals surface area contributed by atoms with Gasteiger partial charge < -0.3 is 5.11 Å². The molecule has 0 saturated heterocycles. The Morgan fingerprint density at radius 2 is 1.92 bits per heavy atom. The molecule has 1 atom stereocenters. The second-order valence-corrected chi connectivity index (χ2v) is 2.78. The van der Waals surface area contributed by atoms with Crippen LogP contribution in [0, 0.1) is 0 Å². The van der Waals surface area contributed by atoms with Gasteiger partial charge in [-0.3, -0.25) is 0 Å². The maximum Gasteiger partial charge on any atom is 0.257 e. The average Bonchev–Trinajstić information content (AvgIpc) is 2.01. The molecule has 0 radical (unpaired) electrons. The van der Waals surface area contributed by atoms with E-state index in [0.717, 1.165) is 25.3 Å². The second-order valence-electron chi connectivity index (χ2n) is 2.78. The minimum absolute atomic E-state index is 0.580. The van der Waals surface area contributed by atoms with Crippen LogP contribution in [0.5, 0.6) is 0 Å². The Morgan fingerprint density at radius 3 is 2.42 bits per heavy atom. The molecule has 72 valence electrons. The second kappa shape index (κ2) is 7.22. The Labute approximate surface area is 72.1 Å². The monoisotopic (exact) mass is 178 g/mol. The Morgan fingerprint density at radius 1 is 1.25 bits per heavy atom. The molecule has 0 unspecified atom stereocenters. The van der Waals surface area contributed by atoms with Crippen molar-refractivity contribution in [3.63, 3.8) is 0 Å². The predicted octanol–water partition coefficient (Wildman–Crippen LogP) is 2.75. The summed E-state index contributed by atoms with van der Waals surface area (Å²) in [6, 6.07) is 0. The Balaban J connectivity index is 3.38. The highest BCUT2D eigenvalue weighted by atomic mass is 19.3. The Kier molecular flexibility index (Phi) is 6.96. The van der Waals surface area contributed by atoms with Crippen LogP contribution >= 0.6 is 0 Å². The number of halogens is 2. The number of hydrogen-bond acceptors (Lipinski definition) is 1. The summed E-state index contributed by atoms with van der Waals surface area (Å²) in [5.41, 5.74) is 0. The molecule has 0 spiro atoms. The molecular formula is C9H16F2O. The molecular weight excluding hydrogens is 162 g/mol. The van der Waals surface area contributed by atoms with Crippen molar-refractivity contribution in [3.8, 4) is 0 Å². The minimum Gasteiger partial charge on any atom is -0.389 e. The fourth-order valence-corrected chi connectivity index (χ4v) is 0.912. The summed E-state index contributed by atoms with van der Waals surface area (Å²) in [5.74, 6) is 0. The van der Waals surface area contributed by atoms with Crippen LogP contribution in [0.25, 0.3) is 0 Å². The quantitative estimate of drug-likeness (QED) is 0.489. The smallest absolute Gasteiger partial charge is 0.257 e. The van der Waals surface area contributed by atoms with Crippen LogP contribution in [0.15, 0.2) is 12.2 Å². The van der Waals surface area contributed by atoms with Crippen LogP contribution < -0.4 is 0 Å². The first-order valence-electron chi connectivity index (χ1n) is 4.31. The number of rotatable bonds is 6. The predicted molar refractivity (Wildman–Crippen MR) is 45.3 cm³/mol. The van der Waals surface area contributed by atoms with Crippen molar-refractivity contribution in [2.45, 2.75) is 45.1 Å². The van der Waals surface area contributed by atoms with Gasteiger partial charge >= 0.3 is 0 Å². The highest BCUT2D eigenvalue weighted by Crippen LogP contribution is 2.05. The molecule has 0 aliphatic heterocycles. The highest BCUT2D eigenvalue weighted by molar-refractivity contribution is 4.90. The van der Waals surface area contributed by atoms with Gasteiger partial charge in [-0.2, -0.15) is 0 Å². The van der Waals surface area contributed by atoms with Crippen molar-refractivity contribution in [3.05, 3.63) is 12.2 Å². The van der Waals surface area contributed by atoms with Crippen molar-refractivity contribution < 1.29 is 13.9 Å². The zero-order chi connectivity index (χ0) is 9.40. The zero-order valence-corrected chi connectivity index (χ0v) is 7.34. The van der Waals surface area contributed by atoms with E-state index in [2.05, 4.69) is 6.92 Å². The van der Waals surface area contributed by atoms with Gasteiger partial charge in [0.05, 0.1) is 6.10 Å². The van der Waals surface area contributed by atoms with Crippen molar-refractivity contribution in [2.24, 2.45) is 0 Å². The first kappa shape index (κ1) is 11.6.